The Labute approximate surface area is 186 Å². The summed E-state index contributed by atoms with van der Waals surface area (Å²) in [4.78, 5) is 24.8. The van der Waals surface area contributed by atoms with Gasteiger partial charge in [-0.25, -0.2) is 0 Å². The molecule has 0 aliphatic carbocycles. The van der Waals surface area contributed by atoms with Gasteiger partial charge in [-0.3, -0.25) is 20.4 Å². The molecule has 0 saturated carbocycles. The van der Waals surface area contributed by atoms with E-state index in [-0.39, 0.29) is 12.2 Å². The largest absolute Gasteiger partial charge is 0.508 e. The van der Waals surface area contributed by atoms with Crippen molar-refractivity contribution in [3.05, 3.63) is 65.0 Å². The predicted octanol–water partition coefficient (Wildman–Crippen LogP) is 3.80. The minimum atomic E-state index is -0.448. The molecule has 0 aliphatic heterocycles. The number of allylic oxidation sites excluding steroid dienone is 4. The number of phenolic OH excluding ortho intramolecular Hbond substituents is 1. The molecule has 0 radical (unpaired) electrons. The van der Waals surface area contributed by atoms with Crippen molar-refractivity contribution in [1.29, 1.82) is 0 Å². The zero-order chi connectivity index (χ0) is 24.2. The van der Waals surface area contributed by atoms with Crippen LogP contribution in [0.15, 0.2) is 59.4 Å². The van der Waals surface area contributed by atoms with Gasteiger partial charge in [0, 0.05) is 0 Å². The van der Waals surface area contributed by atoms with Crippen molar-refractivity contribution >= 4 is 11.8 Å². The van der Waals surface area contributed by atoms with Gasteiger partial charge >= 0.3 is 0 Å². The second-order valence-electron chi connectivity index (χ2n) is 5.69. The van der Waals surface area contributed by atoms with Crippen molar-refractivity contribution < 1.29 is 19.4 Å². The maximum atomic E-state index is 12.7. The SMILES string of the molecule is C#C.C#C.C\C=C/C(CC)=C(C(=O)NNC(=O)Cc1cccc(O)c1)/C(=C\C)OCC. The highest BCUT2D eigenvalue weighted by atomic mass is 16.5. The van der Waals surface area contributed by atoms with Crippen LogP contribution in [0.3, 0.4) is 0 Å². The molecule has 0 spiro atoms. The standard InChI is InChI=1S/C21H28N2O4.2C2H2/c1-5-10-16(6-2)20(18(7-3)27-8-4)21(26)23-22-19(25)14-15-11-9-12-17(24)13-15;2*1-2/h5,7,9-13,24H,6,8,14H2,1-4H3,(H,22,25)(H,23,26);2*1-2H/b10-5-,18-7+,20-16-;;. The number of carbonyl (C=O) groups is 2. The summed E-state index contributed by atoms with van der Waals surface area (Å²) in [6, 6.07) is 6.41. The molecule has 31 heavy (non-hydrogen) atoms. The van der Waals surface area contributed by atoms with E-state index in [0.717, 1.165) is 5.57 Å². The van der Waals surface area contributed by atoms with Gasteiger partial charge in [0.05, 0.1) is 18.6 Å². The molecule has 0 unspecified atom stereocenters. The fraction of sp³-hybridized carbons (Fsp3) is 0.280. The highest BCUT2D eigenvalue weighted by Crippen LogP contribution is 2.20. The molecule has 3 N–H and O–H groups in total. The third-order valence-electron chi connectivity index (χ3n) is 3.70. The van der Waals surface area contributed by atoms with Crippen LogP contribution >= 0.6 is 0 Å². The second-order valence-corrected chi connectivity index (χ2v) is 5.69. The number of rotatable bonds is 8. The Balaban J connectivity index is 0. The van der Waals surface area contributed by atoms with Gasteiger partial charge in [-0.2, -0.15) is 0 Å². The molecule has 1 rings (SSSR count). The number of carbonyl (C=O) groups excluding carboxylic acids is 2. The van der Waals surface area contributed by atoms with Crippen molar-refractivity contribution in [3.8, 4) is 31.4 Å². The lowest BCUT2D eigenvalue weighted by molar-refractivity contribution is -0.126. The number of hydrazine groups is 1. The van der Waals surface area contributed by atoms with Gasteiger partial charge in [0.25, 0.3) is 5.91 Å². The topological polar surface area (TPSA) is 87.7 Å². The summed E-state index contributed by atoms with van der Waals surface area (Å²) in [5, 5.41) is 9.46. The molecule has 6 heteroatoms. The lowest BCUT2D eigenvalue weighted by atomic mass is 10.0. The van der Waals surface area contributed by atoms with Crippen LogP contribution in [0, 0.1) is 25.7 Å². The maximum Gasteiger partial charge on any atom is 0.273 e. The first kappa shape index (κ1) is 29.3. The highest BCUT2D eigenvalue weighted by molar-refractivity contribution is 5.99. The smallest absolute Gasteiger partial charge is 0.273 e. The van der Waals surface area contributed by atoms with Crippen LogP contribution in [0.1, 0.15) is 39.7 Å². The maximum absolute atomic E-state index is 12.7. The molecule has 0 atom stereocenters. The number of ether oxygens (including phenoxy) is 1. The van der Waals surface area contributed by atoms with Gasteiger partial charge in [-0.15, -0.1) is 25.7 Å². The quantitative estimate of drug-likeness (QED) is 0.195. The number of hydrogen-bond acceptors (Lipinski definition) is 4. The van der Waals surface area contributed by atoms with Crippen molar-refractivity contribution in [2.75, 3.05) is 6.61 Å². The first-order valence-electron chi connectivity index (χ1n) is 9.65. The first-order chi connectivity index (χ1) is 15.0. The molecule has 0 aliphatic rings. The van der Waals surface area contributed by atoms with E-state index in [9.17, 15) is 14.7 Å². The molecule has 1 aromatic carbocycles. The second kappa shape index (κ2) is 18.1. The van der Waals surface area contributed by atoms with Crippen LogP contribution in [0.5, 0.6) is 5.75 Å². The monoisotopic (exact) mass is 424 g/mol. The molecule has 0 heterocycles. The molecule has 1 aromatic rings. The van der Waals surface area contributed by atoms with Crippen LogP contribution in [-0.4, -0.2) is 23.5 Å². The summed E-state index contributed by atoms with van der Waals surface area (Å²) >= 11 is 0. The van der Waals surface area contributed by atoms with E-state index in [1.807, 2.05) is 32.9 Å². The zero-order valence-corrected chi connectivity index (χ0v) is 18.6. The van der Waals surface area contributed by atoms with E-state index in [0.29, 0.717) is 29.9 Å². The van der Waals surface area contributed by atoms with Crippen LogP contribution in [0.25, 0.3) is 0 Å². The normalized spacial score (nSPS) is 11.0. The minimum Gasteiger partial charge on any atom is -0.508 e. The average molecular weight is 425 g/mol. The minimum absolute atomic E-state index is 0.0329. The van der Waals surface area contributed by atoms with E-state index in [2.05, 4.69) is 36.5 Å². The van der Waals surface area contributed by atoms with E-state index in [4.69, 9.17) is 4.74 Å². The summed E-state index contributed by atoms with van der Waals surface area (Å²) in [5.41, 5.74) is 6.70. The van der Waals surface area contributed by atoms with Crippen LogP contribution in [-0.2, 0) is 20.7 Å². The Kier molecular flexibility index (Phi) is 17.2. The summed E-state index contributed by atoms with van der Waals surface area (Å²) in [6.07, 6.45) is 22.1. The van der Waals surface area contributed by atoms with Crippen molar-refractivity contribution in [3.63, 3.8) is 0 Å². The van der Waals surface area contributed by atoms with Gasteiger partial charge in [0.2, 0.25) is 5.91 Å². The molecular weight excluding hydrogens is 392 g/mol. The van der Waals surface area contributed by atoms with Gasteiger partial charge in [-0.05, 0) is 56.5 Å². The molecule has 6 nitrogen and oxygen atoms in total. The number of nitrogens with one attached hydrogen (secondary N) is 2. The summed E-state index contributed by atoms with van der Waals surface area (Å²) in [5.74, 6) is -0.290. The molecule has 2 amide bonds. The Morgan fingerprint density at radius 3 is 2.23 bits per heavy atom. The third-order valence-corrected chi connectivity index (χ3v) is 3.70. The first-order valence-corrected chi connectivity index (χ1v) is 9.65. The van der Waals surface area contributed by atoms with Crippen LogP contribution < -0.4 is 10.9 Å². The Bertz CT molecular complexity index is 824. The number of hydrogen-bond donors (Lipinski definition) is 3. The number of amides is 2. The predicted molar refractivity (Wildman–Crippen MR) is 125 cm³/mol. The molecule has 0 saturated heterocycles. The average Bonchev–Trinajstić information content (AvgIpc) is 2.79. The van der Waals surface area contributed by atoms with E-state index >= 15 is 0 Å². The van der Waals surface area contributed by atoms with Crippen molar-refractivity contribution in [2.24, 2.45) is 0 Å². The van der Waals surface area contributed by atoms with E-state index in [1.165, 1.54) is 12.1 Å². The summed E-state index contributed by atoms with van der Waals surface area (Å²) in [7, 11) is 0. The number of benzene rings is 1. The fourth-order valence-corrected chi connectivity index (χ4v) is 2.54. The number of aromatic hydroxyl groups is 1. The Hall–Kier alpha value is -3.90. The van der Waals surface area contributed by atoms with Gasteiger partial charge in [0.15, 0.2) is 0 Å². The van der Waals surface area contributed by atoms with E-state index in [1.54, 1.807) is 25.1 Å². The van der Waals surface area contributed by atoms with Crippen LogP contribution in [0.4, 0.5) is 0 Å². The number of phenols is 1. The molecular formula is C25H32N2O4. The molecule has 0 fully saturated rings. The lowest BCUT2D eigenvalue weighted by Crippen LogP contribution is -2.43. The van der Waals surface area contributed by atoms with E-state index < -0.39 is 11.8 Å². The number of terminal acetylenes is 2. The Morgan fingerprint density at radius 2 is 1.74 bits per heavy atom. The third kappa shape index (κ3) is 11.0. The van der Waals surface area contributed by atoms with Gasteiger partial charge in [-0.1, -0.05) is 31.2 Å². The summed E-state index contributed by atoms with van der Waals surface area (Å²) < 4.78 is 5.59. The van der Waals surface area contributed by atoms with Crippen molar-refractivity contribution in [2.45, 2.75) is 40.5 Å². The lowest BCUT2D eigenvalue weighted by Gasteiger charge is -2.16. The molecule has 166 valence electrons. The van der Waals surface area contributed by atoms with Gasteiger partial charge in [0.1, 0.15) is 11.5 Å². The zero-order valence-electron chi connectivity index (χ0n) is 18.6. The highest BCUT2D eigenvalue weighted by Gasteiger charge is 2.19. The van der Waals surface area contributed by atoms with Crippen LogP contribution in [0.2, 0.25) is 0 Å². The Morgan fingerprint density at radius 1 is 1.10 bits per heavy atom. The van der Waals surface area contributed by atoms with Crippen molar-refractivity contribution in [1.82, 2.24) is 10.9 Å². The van der Waals surface area contributed by atoms with Gasteiger partial charge < -0.3 is 9.84 Å². The fourth-order valence-electron chi connectivity index (χ4n) is 2.54. The summed E-state index contributed by atoms with van der Waals surface area (Å²) in [6.45, 7) is 7.88. The molecule has 0 aromatic heterocycles. The molecule has 0 bridgehead atoms.